The van der Waals surface area contributed by atoms with E-state index in [0.29, 0.717) is 0 Å². The van der Waals surface area contributed by atoms with Gasteiger partial charge in [-0.05, 0) is 69.9 Å². The molecule has 0 atom stereocenters. The Hall–Kier alpha value is -0.0400. The maximum Gasteiger partial charge on any atom is 0.00385 e. The first-order valence-corrected chi connectivity index (χ1v) is 7.76. The highest BCUT2D eigenvalue weighted by atomic mass is 15.2. The predicted molar refractivity (Wildman–Crippen MR) is 77.3 cm³/mol. The van der Waals surface area contributed by atoms with Gasteiger partial charge in [0.25, 0.3) is 0 Å². The van der Waals surface area contributed by atoms with E-state index in [1.807, 2.05) is 13.8 Å². The summed E-state index contributed by atoms with van der Waals surface area (Å²) >= 11 is 0. The molecule has 1 spiro atoms. The first-order valence-electron chi connectivity index (χ1n) is 7.76. The van der Waals surface area contributed by atoms with E-state index in [1.165, 1.54) is 38.8 Å². The van der Waals surface area contributed by atoms with Gasteiger partial charge in [-0.15, -0.1) is 0 Å². The molecule has 1 heteroatoms. The SMILES string of the molecule is CC.CC(C)C1CC2(CCN(C(C)C)CC2)C1. The minimum absolute atomic E-state index is 0.753. The normalized spacial score (nSPS) is 24.7. The van der Waals surface area contributed by atoms with Gasteiger partial charge >= 0.3 is 0 Å². The van der Waals surface area contributed by atoms with Gasteiger partial charge in [0.2, 0.25) is 0 Å². The standard InChI is InChI=1S/C14H27N.C2H6/c1-11(2)13-9-14(10-13)5-7-15(8-6-14)12(3)4;1-2/h11-13H,5-10H2,1-4H3;1-2H3. The fourth-order valence-electron chi connectivity index (χ4n) is 3.45. The zero-order valence-electron chi connectivity index (χ0n) is 12.9. The molecule has 0 radical (unpaired) electrons. The van der Waals surface area contributed by atoms with E-state index >= 15 is 0 Å². The minimum atomic E-state index is 0.753. The topological polar surface area (TPSA) is 3.24 Å². The third-order valence-electron chi connectivity index (χ3n) is 4.92. The van der Waals surface area contributed by atoms with Crippen LogP contribution in [0.4, 0.5) is 0 Å². The lowest BCUT2D eigenvalue weighted by Crippen LogP contribution is -2.49. The van der Waals surface area contributed by atoms with Crippen molar-refractivity contribution in [3.05, 3.63) is 0 Å². The molecule has 2 aliphatic rings. The third kappa shape index (κ3) is 3.47. The van der Waals surface area contributed by atoms with Crippen LogP contribution in [-0.4, -0.2) is 24.0 Å². The summed E-state index contributed by atoms with van der Waals surface area (Å²) in [5.41, 5.74) is 0.778. The van der Waals surface area contributed by atoms with Crippen LogP contribution < -0.4 is 0 Å². The highest BCUT2D eigenvalue weighted by Gasteiger charge is 2.46. The summed E-state index contributed by atoms with van der Waals surface area (Å²) in [4.78, 5) is 2.65. The Labute approximate surface area is 109 Å². The van der Waals surface area contributed by atoms with Crippen LogP contribution in [0, 0.1) is 17.3 Å². The van der Waals surface area contributed by atoms with Gasteiger partial charge in [-0.3, -0.25) is 0 Å². The molecule has 0 aromatic heterocycles. The van der Waals surface area contributed by atoms with Crippen LogP contribution in [0.3, 0.4) is 0 Å². The second-order valence-corrected chi connectivity index (χ2v) is 6.54. The average Bonchev–Trinajstić information content (AvgIpc) is 2.28. The summed E-state index contributed by atoms with van der Waals surface area (Å²) in [5.74, 6) is 1.95. The molecule has 17 heavy (non-hydrogen) atoms. The number of piperidine rings is 1. The highest BCUT2D eigenvalue weighted by molar-refractivity contribution is 4.98. The van der Waals surface area contributed by atoms with Gasteiger partial charge in [0.1, 0.15) is 0 Å². The third-order valence-corrected chi connectivity index (χ3v) is 4.92. The van der Waals surface area contributed by atoms with Crippen LogP contribution in [0.2, 0.25) is 0 Å². The maximum atomic E-state index is 2.65. The summed E-state index contributed by atoms with van der Waals surface area (Å²) in [6.07, 6.45) is 5.98. The molecule has 0 aromatic rings. The molecule has 1 aliphatic heterocycles. The molecule has 1 aliphatic carbocycles. The minimum Gasteiger partial charge on any atom is -0.301 e. The van der Waals surface area contributed by atoms with Crippen molar-refractivity contribution in [2.24, 2.45) is 17.3 Å². The van der Waals surface area contributed by atoms with Gasteiger partial charge in [0.15, 0.2) is 0 Å². The Bertz CT molecular complexity index is 204. The van der Waals surface area contributed by atoms with Gasteiger partial charge < -0.3 is 4.90 Å². The summed E-state index contributed by atoms with van der Waals surface area (Å²) in [7, 11) is 0. The lowest BCUT2D eigenvalue weighted by molar-refractivity contribution is -0.0367. The number of nitrogens with zero attached hydrogens (tertiary/aromatic N) is 1. The van der Waals surface area contributed by atoms with Crippen LogP contribution in [0.5, 0.6) is 0 Å². The zero-order chi connectivity index (χ0) is 13.1. The Balaban J connectivity index is 0.000000686. The highest BCUT2D eigenvalue weighted by Crippen LogP contribution is 2.54. The maximum absolute atomic E-state index is 2.65. The molecule has 0 aromatic carbocycles. The number of likely N-dealkylation sites (tertiary alicyclic amines) is 1. The van der Waals surface area contributed by atoms with Crippen molar-refractivity contribution < 1.29 is 0 Å². The van der Waals surface area contributed by atoms with Crippen LogP contribution in [0.15, 0.2) is 0 Å². The molecule has 2 rings (SSSR count). The van der Waals surface area contributed by atoms with E-state index in [4.69, 9.17) is 0 Å². The number of hydrogen-bond donors (Lipinski definition) is 0. The van der Waals surface area contributed by atoms with Crippen molar-refractivity contribution in [2.75, 3.05) is 13.1 Å². The van der Waals surface area contributed by atoms with E-state index in [0.717, 1.165) is 23.3 Å². The van der Waals surface area contributed by atoms with Crippen molar-refractivity contribution in [1.29, 1.82) is 0 Å². The Morgan fingerprint density at radius 1 is 0.941 bits per heavy atom. The first-order chi connectivity index (χ1) is 8.02. The van der Waals surface area contributed by atoms with E-state index in [9.17, 15) is 0 Å². The lowest BCUT2D eigenvalue weighted by Gasteiger charge is -2.54. The number of hydrogen-bond acceptors (Lipinski definition) is 1. The van der Waals surface area contributed by atoms with Crippen LogP contribution >= 0.6 is 0 Å². The molecule has 1 saturated carbocycles. The molecule has 1 nitrogen and oxygen atoms in total. The van der Waals surface area contributed by atoms with Crippen LogP contribution in [0.25, 0.3) is 0 Å². The lowest BCUT2D eigenvalue weighted by atomic mass is 9.55. The fourth-order valence-corrected chi connectivity index (χ4v) is 3.45. The van der Waals surface area contributed by atoms with E-state index in [2.05, 4.69) is 32.6 Å². The molecule has 0 unspecified atom stereocenters. The van der Waals surface area contributed by atoms with Crippen molar-refractivity contribution in [1.82, 2.24) is 4.90 Å². The average molecular weight is 239 g/mol. The smallest absolute Gasteiger partial charge is 0.00385 e. The van der Waals surface area contributed by atoms with E-state index in [-0.39, 0.29) is 0 Å². The molecule has 1 saturated heterocycles. The molecule has 0 N–H and O–H groups in total. The van der Waals surface area contributed by atoms with E-state index in [1.54, 1.807) is 0 Å². The van der Waals surface area contributed by atoms with E-state index < -0.39 is 0 Å². The zero-order valence-corrected chi connectivity index (χ0v) is 12.9. The van der Waals surface area contributed by atoms with Crippen molar-refractivity contribution >= 4 is 0 Å². The summed E-state index contributed by atoms with van der Waals surface area (Å²) < 4.78 is 0. The van der Waals surface area contributed by atoms with Crippen molar-refractivity contribution in [3.8, 4) is 0 Å². The fraction of sp³-hybridized carbons (Fsp3) is 1.00. The molecule has 2 fully saturated rings. The predicted octanol–water partition coefficient (Wildman–Crippen LogP) is 4.57. The van der Waals surface area contributed by atoms with Crippen LogP contribution in [-0.2, 0) is 0 Å². The number of rotatable bonds is 2. The van der Waals surface area contributed by atoms with Crippen molar-refractivity contribution in [3.63, 3.8) is 0 Å². The molecular formula is C16H33N. The molecule has 0 amide bonds. The van der Waals surface area contributed by atoms with Gasteiger partial charge in [0, 0.05) is 6.04 Å². The second-order valence-electron chi connectivity index (χ2n) is 6.54. The quantitative estimate of drug-likeness (QED) is 0.682. The molecule has 1 heterocycles. The Morgan fingerprint density at radius 2 is 1.41 bits per heavy atom. The Morgan fingerprint density at radius 3 is 1.76 bits per heavy atom. The summed E-state index contributed by atoms with van der Waals surface area (Å²) in [5, 5.41) is 0. The van der Waals surface area contributed by atoms with Gasteiger partial charge in [-0.2, -0.15) is 0 Å². The largest absolute Gasteiger partial charge is 0.301 e. The van der Waals surface area contributed by atoms with Gasteiger partial charge in [-0.1, -0.05) is 27.7 Å². The molecule has 0 bridgehead atoms. The monoisotopic (exact) mass is 239 g/mol. The van der Waals surface area contributed by atoms with Gasteiger partial charge in [-0.25, -0.2) is 0 Å². The second kappa shape index (κ2) is 6.22. The van der Waals surface area contributed by atoms with Crippen molar-refractivity contribution in [2.45, 2.75) is 73.3 Å². The van der Waals surface area contributed by atoms with Crippen LogP contribution in [0.1, 0.15) is 67.2 Å². The molecule has 102 valence electrons. The summed E-state index contributed by atoms with van der Waals surface area (Å²) in [6, 6.07) is 0.753. The van der Waals surface area contributed by atoms with Gasteiger partial charge in [0.05, 0.1) is 0 Å². The first kappa shape index (κ1) is 15.0. The Kier molecular flexibility index (Phi) is 5.50. The summed E-state index contributed by atoms with van der Waals surface area (Å²) in [6.45, 7) is 16.1. The molecular weight excluding hydrogens is 206 g/mol.